The lowest BCUT2D eigenvalue weighted by molar-refractivity contribution is -0.121. The van der Waals surface area contributed by atoms with E-state index in [1.54, 1.807) is 6.07 Å². The molecule has 0 radical (unpaired) electrons. The minimum absolute atomic E-state index is 0.0389. The summed E-state index contributed by atoms with van der Waals surface area (Å²) in [7, 11) is 0. The number of fused-ring (bicyclic) bond motifs is 1. The van der Waals surface area contributed by atoms with Crippen molar-refractivity contribution in [3.63, 3.8) is 0 Å². The maximum atomic E-state index is 12.6. The van der Waals surface area contributed by atoms with Crippen molar-refractivity contribution in [3.05, 3.63) is 69.8 Å². The fraction of sp³-hybridized carbons (Fsp3) is 0.318. The average molecular weight is 403 g/mol. The summed E-state index contributed by atoms with van der Waals surface area (Å²) >= 11 is 12.3. The van der Waals surface area contributed by atoms with E-state index < -0.39 is 0 Å². The highest BCUT2D eigenvalue weighted by Crippen LogP contribution is 2.36. The number of benzene rings is 2. The number of para-hydroxylation sites is 1. The molecular formula is C22H24Cl2N2O. The highest BCUT2D eigenvalue weighted by Gasteiger charge is 2.22. The molecular weight excluding hydrogens is 379 g/mol. The molecule has 3 nitrogen and oxygen atoms in total. The number of carbonyl (C=O) groups is 1. The van der Waals surface area contributed by atoms with E-state index in [1.165, 1.54) is 0 Å². The van der Waals surface area contributed by atoms with Crippen molar-refractivity contribution < 1.29 is 4.79 Å². The molecule has 0 spiro atoms. The van der Waals surface area contributed by atoms with E-state index in [2.05, 4.69) is 30.2 Å². The zero-order valence-electron chi connectivity index (χ0n) is 15.6. The van der Waals surface area contributed by atoms with Gasteiger partial charge in [-0.3, -0.25) is 4.79 Å². The average Bonchev–Trinajstić information content (AvgIpc) is 3.06. The van der Waals surface area contributed by atoms with Crippen LogP contribution < -0.4 is 5.32 Å². The van der Waals surface area contributed by atoms with Crippen LogP contribution in [0.15, 0.2) is 48.7 Å². The number of H-pyrrole nitrogens is 1. The van der Waals surface area contributed by atoms with Crippen molar-refractivity contribution in [2.75, 3.05) is 6.54 Å². The van der Waals surface area contributed by atoms with E-state index >= 15 is 0 Å². The van der Waals surface area contributed by atoms with E-state index in [9.17, 15) is 4.79 Å². The van der Waals surface area contributed by atoms with Gasteiger partial charge in [-0.15, -0.1) is 0 Å². The third-order valence-electron chi connectivity index (χ3n) is 4.78. The van der Waals surface area contributed by atoms with Crippen LogP contribution in [0, 0.1) is 5.92 Å². The predicted molar refractivity (Wildman–Crippen MR) is 114 cm³/mol. The Balaban J connectivity index is 1.91. The molecule has 1 atom stereocenters. The summed E-state index contributed by atoms with van der Waals surface area (Å²) in [5, 5.41) is 5.17. The molecule has 1 unspecified atom stereocenters. The molecule has 1 amide bonds. The Morgan fingerprint density at radius 2 is 1.89 bits per heavy atom. The second kappa shape index (κ2) is 8.81. The van der Waals surface area contributed by atoms with Gasteiger partial charge in [0.15, 0.2) is 0 Å². The van der Waals surface area contributed by atoms with Crippen LogP contribution in [0.25, 0.3) is 10.9 Å². The van der Waals surface area contributed by atoms with Crippen LogP contribution in [0.2, 0.25) is 10.0 Å². The summed E-state index contributed by atoms with van der Waals surface area (Å²) in [6.45, 7) is 4.99. The fourth-order valence-corrected chi connectivity index (χ4v) is 3.58. The maximum Gasteiger partial charge on any atom is 0.220 e. The number of nitrogens with one attached hydrogen (secondary N) is 2. The van der Waals surface area contributed by atoms with Crippen LogP contribution in [0.4, 0.5) is 0 Å². The standard InChI is InChI=1S/C22H24Cl2N2O/c1-14(2)9-10-25-22(27)12-17(15-7-8-19(23)20(24)11-15)18-13-26-21-6-4-3-5-16(18)21/h3-8,11,13-14,17,26H,9-10,12H2,1-2H3,(H,25,27). The van der Waals surface area contributed by atoms with Gasteiger partial charge in [0.2, 0.25) is 5.91 Å². The SMILES string of the molecule is CC(C)CCNC(=O)CC(c1ccc(Cl)c(Cl)c1)c1c[nH]c2ccccc12. The zero-order chi connectivity index (χ0) is 19.4. The van der Waals surface area contributed by atoms with Crippen LogP contribution in [-0.4, -0.2) is 17.4 Å². The van der Waals surface area contributed by atoms with Crippen molar-refractivity contribution in [3.8, 4) is 0 Å². The predicted octanol–water partition coefficient (Wildman–Crippen LogP) is 6.16. The Hall–Kier alpha value is -1.97. The highest BCUT2D eigenvalue weighted by atomic mass is 35.5. The van der Waals surface area contributed by atoms with Crippen molar-refractivity contribution in [1.29, 1.82) is 0 Å². The molecule has 2 aromatic carbocycles. The molecule has 0 aliphatic carbocycles. The van der Waals surface area contributed by atoms with E-state index in [0.717, 1.165) is 28.5 Å². The van der Waals surface area contributed by atoms with Crippen LogP contribution in [0.3, 0.4) is 0 Å². The number of hydrogen-bond acceptors (Lipinski definition) is 1. The summed E-state index contributed by atoms with van der Waals surface area (Å²) in [4.78, 5) is 15.9. The number of carbonyl (C=O) groups excluding carboxylic acids is 1. The molecule has 0 saturated heterocycles. The van der Waals surface area contributed by atoms with Gasteiger partial charge in [-0.1, -0.05) is 61.3 Å². The van der Waals surface area contributed by atoms with Gasteiger partial charge in [-0.25, -0.2) is 0 Å². The van der Waals surface area contributed by atoms with Crippen LogP contribution >= 0.6 is 23.2 Å². The quantitative estimate of drug-likeness (QED) is 0.488. The number of amides is 1. The van der Waals surface area contributed by atoms with Crippen molar-refractivity contribution in [2.24, 2.45) is 5.92 Å². The van der Waals surface area contributed by atoms with Crippen molar-refractivity contribution >= 4 is 40.0 Å². The Morgan fingerprint density at radius 3 is 2.63 bits per heavy atom. The third-order valence-corrected chi connectivity index (χ3v) is 5.52. The normalized spacial score (nSPS) is 12.5. The molecule has 0 aliphatic heterocycles. The number of aromatic nitrogens is 1. The maximum absolute atomic E-state index is 12.6. The Morgan fingerprint density at radius 1 is 1.11 bits per heavy atom. The summed E-state index contributed by atoms with van der Waals surface area (Å²) in [5.41, 5.74) is 3.12. The topological polar surface area (TPSA) is 44.9 Å². The molecule has 2 N–H and O–H groups in total. The first kappa shape index (κ1) is 19.8. The summed E-state index contributed by atoms with van der Waals surface area (Å²) < 4.78 is 0. The second-order valence-corrected chi connectivity index (χ2v) is 8.07. The molecule has 0 aliphatic rings. The summed E-state index contributed by atoms with van der Waals surface area (Å²) in [5.74, 6) is 0.497. The Kier molecular flexibility index (Phi) is 6.46. The fourth-order valence-electron chi connectivity index (χ4n) is 3.28. The molecule has 1 aromatic heterocycles. The molecule has 0 fully saturated rings. The molecule has 27 heavy (non-hydrogen) atoms. The molecule has 0 saturated carbocycles. The van der Waals surface area contributed by atoms with Crippen LogP contribution in [-0.2, 0) is 4.79 Å². The van der Waals surface area contributed by atoms with Gasteiger partial charge >= 0.3 is 0 Å². The molecule has 142 valence electrons. The minimum atomic E-state index is -0.102. The lowest BCUT2D eigenvalue weighted by Crippen LogP contribution is -2.27. The molecule has 1 heterocycles. The first-order chi connectivity index (χ1) is 13.0. The van der Waals surface area contributed by atoms with Crippen LogP contribution in [0.1, 0.15) is 43.7 Å². The van der Waals surface area contributed by atoms with Gasteiger partial charge < -0.3 is 10.3 Å². The lowest BCUT2D eigenvalue weighted by Gasteiger charge is -2.18. The second-order valence-electron chi connectivity index (χ2n) is 7.25. The van der Waals surface area contributed by atoms with E-state index in [1.807, 2.05) is 36.5 Å². The monoisotopic (exact) mass is 402 g/mol. The van der Waals surface area contributed by atoms with Gasteiger partial charge in [0.25, 0.3) is 0 Å². The Bertz CT molecular complexity index is 933. The number of hydrogen-bond donors (Lipinski definition) is 2. The highest BCUT2D eigenvalue weighted by molar-refractivity contribution is 6.42. The van der Waals surface area contributed by atoms with Gasteiger partial charge in [-0.2, -0.15) is 0 Å². The Labute approximate surface area is 170 Å². The summed E-state index contributed by atoms with van der Waals surface area (Å²) in [6, 6.07) is 13.7. The smallest absolute Gasteiger partial charge is 0.220 e. The molecule has 3 aromatic rings. The van der Waals surface area contributed by atoms with Gasteiger partial charge in [-0.05, 0) is 41.7 Å². The first-order valence-electron chi connectivity index (χ1n) is 9.23. The number of rotatable bonds is 7. The van der Waals surface area contributed by atoms with E-state index in [4.69, 9.17) is 23.2 Å². The first-order valence-corrected chi connectivity index (χ1v) is 9.99. The minimum Gasteiger partial charge on any atom is -0.361 e. The molecule has 0 bridgehead atoms. The van der Waals surface area contributed by atoms with Gasteiger partial charge in [0.05, 0.1) is 10.0 Å². The summed E-state index contributed by atoms with van der Waals surface area (Å²) in [6.07, 6.45) is 3.31. The number of halogens is 2. The van der Waals surface area contributed by atoms with E-state index in [0.29, 0.717) is 28.9 Å². The van der Waals surface area contributed by atoms with Crippen LogP contribution in [0.5, 0.6) is 0 Å². The van der Waals surface area contributed by atoms with Crippen molar-refractivity contribution in [1.82, 2.24) is 10.3 Å². The van der Waals surface area contributed by atoms with E-state index in [-0.39, 0.29) is 11.8 Å². The molecule has 3 rings (SSSR count). The lowest BCUT2D eigenvalue weighted by atomic mass is 9.88. The largest absolute Gasteiger partial charge is 0.361 e. The molecule has 5 heteroatoms. The number of aromatic amines is 1. The van der Waals surface area contributed by atoms with Gasteiger partial charge in [0, 0.05) is 36.0 Å². The van der Waals surface area contributed by atoms with Gasteiger partial charge in [0.1, 0.15) is 0 Å². The van der Waals surface area contributed by atoms with Crippen molar-refractivity contribution in [2.45, 2.75) is 32.6 Å². The zero-order valence-corrected chi connectivity index (χ0v) is 17.1. The third kappa shape index (κ3) is 4.85.